The van der Waals surface area contributed by atoms with Crippen LogP contribution in [-0.4, -0.2) is 12.5 Å². The van der Waals surface area contributed by atoms with E-state index in [1.807, 2.05) is 0 Å². The van der Waals surface area contributed by atoms with Gasteiger partial charge < -0.3 is 5.32 Å². The molecule has 0 saturated carbocycles. The van der Waals surface area contributed by atoms with Crippen LogP contribution >= 0.6 is 11.6 Å². The zero-order valence-electron chi connectivity index (χ0n) is 13.7. The predicted octanol–water partition coefficient (Wildman–Crippen LogP) is 5.17. The molecule has 0 radical (unpaired) electrons. The van der Waals surface area contributed by atoms with Crippen LogP contribution < -0.4 is 5.32 Å². The molecule has 1 aromatic rings. The standard InChI is InChI=1S/C18H28ClNO/c1-13(2)5-6-15(11-14(3)4)12-20-18(21)16-7-9-17(19)10-8-16/h7-10,13-15H,5-6,11-12H2,1-4H3,(H,20,21). The first-order valence-electron chi connectivity index (χ1n) is 7.92. The summed E-state index contributed by atoms with van der Waals surface area (Å²) in [5.74, 6) is 1.93. The van der Waals surface area contributed by atoms with Gasteiger partial charge in [0.1, 0.15) is 0 Å². The Hall–Kier alpha value is -1.02. The van der Waals surface area contributed by atoms with Crippen molar-refractivity contribution >= 4 is 17.5 Å². The SMILES string of the molecule is CC(C)CCC(CNC(=O)c1ccc(Cl)cc1)CC(C)C. The molecule has 0 aliphatic heterocycles. The van der Waals surface area contributed by atoms with E-state index in [2.05, 4.69) is 33.0 Å². The quantitative estimate of drug-likeness (QED) is 0.705. The van der Waals surface area contributed by atoms with Gasteiger partial charge in [-0.2, -0.15) is 0 Å². The normalized spacial score (nSPS) is 12.7. The van der Waals surface area contributed by atoms with Crippen molar-refractivity contribution in [1.82, 2.24) is 5.32 Å². The number of hydrogen-bond acceptors (Lipinski definition) is 1. The molecule has 118 valence electrons. The number of carbonyl (C=O) groups excluding carboxylic acids is 1. The van der Waals surface area contributed by atoms with E-state index in [4.69, 9.17) is 11.6 Å². The number of nitrogens with one attached hydrogen (secondary N) is 1. The Labute approximate surface area is 134 Å². The van der Waals surface area contributed by atoms with Gasteiger partial charge in [-0.25, -0.2) is 0 Å². The second kappa shape index (κ2) is 9.09. The van der Waals surface area contributed by atoms with Crippen LogP contribution in [0.15, 0.2) is 24.3 Å². The molecule has 0 aromatic heterocycles. The Morgan fingerprint density at radius 3 is 2.19 bits per heavy atom. The number of halogens is 1. The minimum atomic E-state index is -0.00929. The lowest BCUT2D eigenvalue weighted by atomic mass is 9.90. The van der Waals surface area contributed by atoms with E-state index in [0.29, 0.717) is 28.3 Å². The van der Waals surface area contributed by atoms with Crippen LogP contribution in [0.1, 0.15) is 57.3 Å². The van der Waals surface area contributed by atoms with Crippen molar-refractivity contribution < 1.29 is 4.79 Å². The van der Waals surface area contributed by atoms with E-state index in [9.17, 15) is 4.79 Å². The maximum Gasteiger partial charge on any atom is 0.251 e. The molecule has 1 amide bonds. The Bertz CT molecular complexity index is 425. The van der Waals surface area contributed by atoms with Gasteiger partial charge in [0, 0.05) is 17.1 Å². The van der Waals surface area contributed by atoms with E-state index in [-0.39, 0.29) is 5.91 Å². The Kier molecular flexibility index (Phi) is 7.81. The van der Waals surface area contributed by atoms with Crippen molar-refractivity contribution in [1.29, 1.82) is 0 Å². The van der Waals surface area contributed by atoms with E-state index < -0.39 is 0 Å². The predicted molar refractivity (Wildman–Crippen MR) is 90.8 cm³/mol. The summed E-state index contributed by atoms with van der Waals surface area (Å²) in [5.41, 5.74) is 0.673. The molecule has 1 atom stereocenters. The largest absolute Gasteiger partial charge is 0.352 e. The summed E-state index contributed by atoms with van der Waals surface area (Å²) in [6, 6.07) is 7.04. The fraction of sp³-hybridized carbons (Fsp3) is 0.611. The van der Waals surface area contributed by atoms with Crippen molar-refractivity contribution in [2.24, 2.45) is 17.8 Å². The molecule has 1 aromatic carbocycles. The van der Waals surface area contributed by atoms with Crippen LogP contribution in [0.4, 0.5) is 0 Å². The molecule has 1 unspecified atom stereocenters. The summed E-state index contributed by atoms with van der Waals surface area (Å²) in [7, 11) is 0. The van der Waals surface area contributed by atoms with Gasteiger partial charge in [0.15, 0.2) is 0 Å². The van der Waals surface area contributed by atoms with Crippen LogP contribution in [-0.2, 0) is 0 Å². The Balaban J connectivity index is 2.50. The summed E-state index contributed by atoms with van der Waals surface area (Å²) in [4.78, 5) is 12.1. The van der Waals surface area contributed by atoms with Crippen LogP contribution in [0, 0.1) is 17.8 Å². The van der Waals surface area contributed by atoms with Gasteiger partial charge in [-0.1, -0.05) is 45.7 Å². The third kappa shape index (κ3) is 7.52. The molecule has 1 N–H and O–H groups in total. The zero-order chi connectivity index (χ0) is 15.8. The average molecular weight is 310 g/mol. The van der Waals surface area contributed by atoms with Crippen molar-refractivity contribution in [2.45, 2.75) is 47.0 Å². The van der Waals surface area contributed by atoms with E-state index >= 15 is 0 Å². The monoisotopic (exact) mass is 309 g/mol. The molecule has 1 rings (SSSR count). The highest BCUT2D eigenvalue weighted by Gasteiger charge is 2.14. The van der Waals surface area contributed by atoms with Crippen molar-refractivity contribution in [3.05, 3.63) is 34.9 Å². The summed E-state index contributed by atoms with van der Waals surface area (Å²) >= 11 is 5.84. The van der Waals surface area contributed by atoms with Gasteiger partial charge in [0.2, 0.25) is 0 Å². The molecule has 21 heavy (non-hydrogen) atoms. The third-order valence-corrected chi connectivity index (χ3v) is 3.87. The van der Waals surface area contributed by atoms with E-state index in [1.54, 1.807) is 24.3 Å². The second-order valence-electron chi connectivity index (χ2n) is 6.68. The zero-order valence-corrected chi connectivity index (χ0v) is 14.4. The van der Waals surface area contributed by atoms with Gasteiger partial charge in [-0.15, -0.1) is 0 Å². The maximum absolute atomic E-state index is 12.1. The smallest absolute Gasteiger partial charge is 0.251 e. The Morgan fingerprint density at radius 2 is 1.67 bits per heavy atom. The molecule has 0 saturated heterocycles. The number of benzene rings is 1. The van der Waals surface area contributed by atoms with Gasteiger partial charge in [0.05, 0.1) is 0 Å². The van der Waals surface area contributed by atoms with E-state index in [0.717, 1.165) is 13.0 Å². The average Bonchev–Trinajstić information content (AvgIpc) is 2.41. The lowest BCUT2D eigenvalue weighted by Gasteiger charge is -2.20. The van der Waals surface area contributed by atoms with Crippen molar-refractivity contribution in [3.63, 3.8) is 0 Å². The van der Waals surface area contributed by atoms with Crippen molar-refractivity contribution in [3.8, 4) is 0 Å². The molecule has 0 aliphatic carbocycles. The molecule has 2 nitrogen and oxygen atoms in total. The second-order valence-corrected chi connectivity index (χ2v) is 7.12. The first-order chi connectivity index (χ1) is 9.88. The topological polar surface area (TPSA) is 29.1 Å². The molecule has 0 spiro atoms. The molecule has 0 heterocycles. The minimum absolute atomic E-state index is 0.00929. The highest BCUT2D eigenvalue weighted by molar-refractivity contribution is 6.30. The van der Waals surface area contributed by atoms with Crippen LogP contribution in [0.2, 0.25) is 5.02 Å². The first-order valence-corrected chi connectivity index (χ1v) is 8.30. The minimum Gasteiger partial charge on any atom is -0.352 e. The van der Waals surface area contributed by atoms with Crippen molar-refractivity contribution in [2.75, 3.05) is 6.54 Å². The number of hydrogen-bond donors (Lipinski definition) is 1. The van der Waals surface area contributed by atoms with Gasteiger partial charge in [0.25, 0.3) is 5.91 Å². The summed E-state index contributed by atoms with van der Waals surface area (Å²) in [6.07, 6.45) is 3.55. The molecule has 0 bridgehead atoms. The number of rotatable bonds is 8. The molecule has 0 fully saturated rings. The number of amides is 1. The van der Waals surface area contributed by atoms with E-state index in [1.165, 1.54) is 12.8 Å². The summed E-state index contributed by atoms with van der Waals surface area (Å²) < 4.78 is 0. The molecular formula is C18H28ClNO. The molecular weight excluding hydrogens is 282 g/mol. The highest BCUT2D eigenvalue weighted by atomic mass is 35.5. The molecule has 0 aliphatic rings. The summed E-state index contributed by atoms with van der Waals surface area (Å²) in [6.45, 7) is 9.73. The third-order valence-electron chi connectivity index (χ3n) is 3.61. The fourth-order valence-electron chi connectivity index (χ4n) is 2.48. The van der Waals surface area contributed by atoms with Gasteiger partial charge in [-0.05, 0) is 54.9 Å². The highest BCUT2D eigenvalue weighted by Crippen LogP contribution is 2.19. The van der Waals surface area contributed by atoms with Crippen LogP contribution in [0.25, 0.3) is 0 Å². The van der Waals surface area contributed by atoms with Gasteiger partial charge >= 0.3 is 0 Å². The number of carbonyl (C=O) groups is 1. The summed E-state index contributed by atoms with van der Waals surface area (Å²) in [5, 5.41) is 3.72. The Morgan fingerprint density at radius 1 is 1.05 bits per heavy atom. The van der Waals surface area contributed by atoms with Crippen LogP contribution in [0.5, 0.6) is 0 Å². The molecule has 3 heteroatoms. The lowest BCUT2D eigenvalue weighted by Crippen LogP contribution is -2.30. The lowest BCUT2D eigenvalue weighted by molar-refractivity contribution is 0.0944. The van der Waals surface area contributed by atoms with Gasteiger partial charge in [-0.3, -0.25) is 4.79 Å². The fourth-order valence-corrected chi connectivity index (χ4v) is 2.61. The van der Waals surface area contributed by atoms with Crippen LogP contribution in [0.3, 0.4) is 0 Å². The maximum atomic E-state index is 12.1. The first kappa shape index (κ1) is 18.0.